The minimum atomic E-state index is -1.38. The number of carbonyl (C=O) groups excluding carboxylic acids is 3. The topological polar surface area (TPSA) is 113 Å². The number of amides is 2. The normalized spacial score (nSPS) is 34.5. The number of β-lactam (4-membered cyclic amide) rings is 1. The summed E-state index contributed by atoms with van der Waals surface area (Å²) >= 11 is 1.40. The number of aliphatic hydroxyl groups is 1. The number of hydrogen-bond donors (Lipinski definition) is 2. The van der Waals surface area contributed by atoms with Gasteiger partial charge < -0.3 is 34.6 Å². The van der Waals surface area contributed by atoms with Crippen molar-refractivity contribution in [1.82, 2.24) is 15.1 Å². The molecule has 4 rings (SSSR count). The highest BCUT2D eigenvalue weighted by molar-refractivity contribution is 8.03. The van der Waals surface area contributed by atoms with Crippen molar-refractivity contribution in [2.24, 2.45) is 11.8 Å². The lowest BCUT2D eigenvalue weighted by atomic mass is 9.79. The predicted octanol–water partition coefficient (Wildman–Crippen LogP) is -1.08. The van der Waals surface area contributed by atoms with Gasteiger partial charge in [-0.1, -0.05) is 6.92 Å². The van der Waals surface area contributed by atoms with Crippen LogP contribution in [0.25, 0.3) is 0 Å². The number of halogens is 1. The molecule has 0 aromatic carbocycles. The average molecular weight is 499 g/mol. The Kier molecular flexibility index (Phi) is 7.03. The molecule has 3 fully saturated rings. The van der Waals surface area contributed by atoms with Crippen LogP contribution in [-0.2, 0) is 14.4 Å². The molecule has 4 aliphatic heterocycles. The van der Waals surface area contributed by atoms with E-state index in [1.54, 1.807) is 6.92 Å². The lowest BCUT2D eigenvalue weighted by Gasteiger charge is -2.47. The molecular formula is C23H35FN4O5S. The van der Waals surface area contributed by atoms with Gasteiger partial charge in [-0.25, -0.2) is 4.39 Å². The summed E-state index contributed by atoms with van der Waals surface area (Å²) in [6, 6.07) is -0.507. The number of nitrogens with zero attached hydrogens (tertiary/aromatic N) is 3. The van der Waals surface area contributed by atoms with Crippen LogP contribution in [0, 0.1) is 11.8 Å². The molecule has 0 aliphatic carbocycles. The highest BCUT2D eigenvalue weighted by Gasteiger charge is 2.59. The molecule has 0 aromatic rings. The number of alkyl halides is 1. The van der Waals surface area contributed by atoms with E-state index < -0.39 is 18.0 Å². The Morgan fingerprint density at radius 3 is 2.71 bits per heavy atom. The Hall–Kier alpha value is -1.69. The van der Waals surface area contributed by atoms with Crippen molar-refractivity contribution >= 4 is 29.5 Å². The van der Waals surface area contributed by atoms with Crippen molar-refractivity contribution in [2.45, 2.75) is 56.2 Å². The fraction of sp³-hybridized carbons (Fsp3) is 0.783. The summed E-state index contributed by atoms with van der Waals surface area (Å²) in [5.41, 5.74) is -0.0885. The molecule has 6 unspecified atom stereocenters. The van der Waals surface area contributed by atoms with Crippen LogP contribution in [0.5, 0.6) is 0 Å². The standard InChI is InChI=1S/C23H35FN4O5S/c1-12-18-17(13(2)29)22(31)27(18)19(23(32)33)20(12)34-15-9-16(25-10-15)21(30)26-7-5-14(11-26)28(3,4)8-6-24/h12-18,25,29H,5-11H2,1-4H3/t12?,13?,14?,15?,16?,17?,18-/m0/s1. The summed E-state index contributed by atoms with van der Waals surface area (Å²) in [5.74, 6) is -2.56. The van der Waals surface area contributed by atoms with Crippen molar-refractivity contribution in [3.8, 4) is 0 Å². The Morgan fingerprint density at radius 1 is 1.38 bits per heavy atom. The van der Waals surface area contributed by atoms with E-state index in [1.807, 2.05) is 25.9 Å². The zero-order chi connectivity index (χ0) is 24.9. The molecule has 34 heavy (non-hydrogen) atoms. The van der Waals surface area contributed by atoms with Crippen LogP contribution >= 0.6 is 11.8 Å². The highest BCUT2D eigenvalue weighted by Crippen LogP contribution is 2.51. The van der Waals surface area contributed by atoms with Crippen LogP contribution < -0.4 is 10.4 Å². The van der Waals surface area contributed by atoms with E-state index in [2.05, 4.69) is 5.32 Å². The molecule has 4 aliphatic rings. The van der Waals surface area contributed by atoms with Crippen LogP contribution in [0.1, 0.15) is 26.7 Å². The molecule has 2 N–H and O–H groups in total. The van der Waals surface area contributed by atoms with E-state index in [4.69, 9.17) is 0 Å². The minimum absolute atomic E-state index is 0.0169. The van der Waals surface area contributed by atoms with Gasteiger partial charge in [0.15, 0.2) is 0 Å². The Morgan fingerprint density at radius 2 is 2.09 bits per heavy atom. The molecule has 11 heteroatoms. The number of likely N-dealkylation sites (N-methyl/N-ethyl adjacent to an activating group) is 1. The van der Waals surface area contributed by atoms with Gasteiger partial charge in [-0.3, -0.25) is 9.59 Å². The van der Waals surface area contributed by atoms with E-state index in [-0.39, 0.29) is 53.5 Å². The average Bonchev–Trinajstić information content (AvgIpc) is 3.46. The summed E-state index contributed by atoms with van der Waals surface area (Å²) in [6.45, 7) is 5.29. The molecule has 0 aromatic heterocycles. The van der Waals surface area contributed by atoms with Gasteiger partial charge in [0.1, 0.15) is 19.3 Å². The molecule has 0 saturated carbocycles. The summed E-state index contributed by atoms with van der Waals surface area (Å²) in [7, 11) is 4.00. The summed E-state index contributed by atoms with van der Waals surface area (Å²) < 4.78 is 13.5. The highest BCUT2D eigenvalue weighted by atomic mass is 32.2. The number of likely N-dealkylation sites (tertiary alicyclic amines) is 1. The number of carbonyl (C=O) groups is 3. The number of nitrogens with one attached hydrogen (secondary N) is 1. The Bertz CT molecular complexity index is 897. The van der Waals surface area contributed by atoms with Gasteiger partial charge in [0.05, 0.1) is 56.4 Å². The summed E-state index contributed by atoms with van der Waals surface area (Å²) in [6.07, 6.45) is 0.553. The number of aliphatic carboxylic acids is 1. The van der Waals surface area contributed by atoms with Gasteiger partial charge in [0.2, 0.25) is 11.8 Å². The van der Waals surface area contributed by atoms with Crippen molar-refractivity contribution < 1.29 is 33.5 Å². The van der Waals surface area contributed by atoms with E-state index in [0.717, 1.165) is 6.42 Å². The van der Waals surface area contributed by atoms with Crippen LogP contribution in [0.15, 0.2) is 10.6 Å². The van der Waals surface area contributed by atoms with Gasteiger partial charge in [-0.05, 0) is 13.3 Å². The maximum Gasteiger partial charge on any atom is 0.239 e. The second-order valence-corrected chi connectivity index (χ2v) is 12.0. The largest absolute Gasteiger partial charge is 0.543 e. The Balaban J connectivity index is 1.39. The fourth-order valence-electron chi connectivity index (χ4n) is 5.96. The van der Waals surface area contributed by atoms with Gasteiger partial charge >= 0.3 is 0 Å². The van der Waals surface area contributed by atoms with E-state index in [0.29, 0.717) is 42.0 Å². The quantitative estimate of drug-likeness (QED) is 0.323. The summed E-state index contributed by atoms with van der Waals surface area (Å²) in [4.78, 5) is 41.3. The van der Waals surface area contributed by atoms with Crippen molar-refractivity contribution in [2.75, 3.05) is 46.9 Å². The van der Waals surface area contributed by atoms with Crippen LogP contribution in [-0.4, -0.2) is 114 Å². The van der Waals surface area contributed by atoms with Gasteiger partial charge in [0, 0.05) is 35.6 Å². The predicted molar refractivity (Wildman–Crippen MR) is 123 cm³/mol. The molecule has 2 amide bonds. The lowest BCUT2D eigenvalue weighted by molar-refractivity contribution is -0.912. The number of thioether (sulfide) groups is 1. The van der Waals surface area contributed by atoms with Crippen molar-refractivity contribution in [1.29, 1.82) is 0 Å². The van der Waals surface area contributed by atoms with Crippen molar-refractivity contribution in [3.63, 3.8) is 0 Å². The first-order valence-corrected chi connectivity index (χ1v) is 12.9. The van der Waals surface area contributed by atoms with Crippen LogP contribution in [0.2, 0.25) is 0 Å². The fourth-order valence-corrected chi connectivity index (χ4v) is 7.44. The molecule has 4 heterocycles. The van der Waals surface area contributed by atoms with E-state index in [9.17, 15) is 29.0 Å². The zero-order valence-corrected chi connectivity index (χ0v) is 21.0. The van der Waals surface area contributed by atoms with Gasteiger partial charge in [0.25, 0.3) is 0 Å². The number of carboxylic acid groups (broad SMARTS) is 1. The summed E-state index contributed by atoms with van der Waals surface area (Å²) in [5, 5.41) is 25.2. The first kappa shape index (κ1) is 25.4. The maximum absolute atomic E-state index is 13.1. The Labute approximate surface area is 203 Å². The minimum Gasteiger partial charge on any atom is -0.543 e. The zero-order valence-electron chi connectivity index (χ0n) is 20.2. The van der Waals surface area contributed by atoms with Gasteiger partial charge in [-0.2, -0.15) is 0 Å². The maximum atomic E-state index is 13.1. The SMILES string of the molecule is CC(O)C1C(=O)N2C(C(=O)[O-])=C(SC3CNC(C(=O)N4CCC([N+](C)(C)CCF)C4)C3)C(C)[C@@H]12. The molecular weight excluding hydrogens is 463 g/mol. The van der Waals surface area contributed by atoms with Crippen molar-refractivity contribution in [3.05, 3.63) is 10.6 Å². The molecule has 7 atom stereocenters. The van der Waals surface area contributed by atoms with E-state index in [1.165, 1.54) is 16.7 Å². The third-order valence-corrected chi connectivity index (χ3v) is 9.62. The third kappa shape index (κ3) is 4.25. The second kappa shape index (κ2) is 9.40. The molecule has 190 valence electrons. The molecule has 0 radical (unpaired) electrons. The molecule has 0 bridgehead atoms. The molecule has 0 spiro atoms. The van der Waals surface area contributed by atoms with Gasteiger partial charge in [-0.15, -0.1) is 11.8 Å². The first-order chi connectivity index (χ1) is 16.0. The number of fused-ring (bicyclic) bond motifs is 1. The first-order valence-electron chi connectivity index (χ1n) is 12.0. The second-order valence-electron chi connectivity index (χ2n) is 10.6. The number of quaternary nitrogens is 1. The smallest absolute Gasteiger partial charge is 0.239 e. The van der Waals surface area contributed by atoms with E-state index >= 15 is 0 Å². The number of carboxylic acids is 1. The monoisotopic (exact) mass is 498 g/mol. The van der Waals surface area contributed by atoms with Crippen LogP contribution in [0.4, 0.5) is 4.39 Å². The number of rotatable bonds is 8. The lowest BCUT2D eigenvalue weighted by Crippen LogP contribution is -2.64. The molecule has 3 saturated heterocycles. The third-order valence-electron chi connectivity index (χ3n) is 8.11. The molecule has 9 nitrogen and oxygen atoms in total. The van der Waals surface area contributed by atoms with Crippen LogP contribution in [0.3, 0.4) is 0 Å². The number of hydrogen-bond acceptors (Lipinski definition) is 7. The number of aliphatic hydroxyl groups excluding tert-OH is 1.